The molecule has 2 atom stereocenters. The van der Waals surface area contributed by atoms with Gasteiger partial charge in [0.2, 0.25) is 10.0 Å². The van der Waals surface area contributed by atoms with Gasteiger partial charge < -0.3 is 15.0 Å². The maximum Gasteiger partial charge on any atom is 0.410 e. The molecule has 3 N–H and O–H groups in total. The summed E-state index contributed by atoms with van der Waals surface area (Å²) in [6, 6.07) is 0.223. The first kappa shape index (κ1) is 20.2. The van der Waals surface area contributed by atoms with E-state index >= 15 is 0 Å². The number of nitrogens with zero attached hydrogens (tertiary/aromatic N) is 1. The van der Waals surface area contributed by atoms with E-state index in [1.54, 1.807) is 0 Å². The van der Waals surface area contributed by atoms with E-state index in [1.165, 1.54) is 0 Å². The van der Waals surface area contributed by atoms with Crippen molar-refractivity contribution in [2.75, 3.05) is 18.8 Å². The number of carbonyl (C=O) groups is 1. The van der Waals surface area contributed by atoms with Gasteiger partial charge in [0.15, 0.2) is 0 Å². The van der Waals surface area contributed by atoms with Crippen LogP contribution in [-0.2, 0) is 14.8 Å². The lowest BCUT2D eigenvalue weighted by Gasteiger charge is -2.38. The van der Waals surface area contributed by atoms with Gasteiger partial charge in [-0.25, -0.2) is 18.4 Å². The molecule has 136 valence electrons. The smallest absolute Gasteiger partial charge is 0.410 e. The van der Waals surface area contributed by atoms with Gasteiger partial charge in [-0.2, -0.15) is 0 Å². The zero-order valence-corrected chi connectivity index (χ0v) is 15.5. The number of amides is 1. The van der Waals surface area contributed by atoms with Crippen molar-refractivity contribution in [2.24, 2.45) is 5.14 Å². The summed E-state index contributed by atoms with van der Waals surface area (Å²) < 4.78 is 27.4. The highest BCUT2D eigenvalue weighted by Gasteiger charge is 2.31. The molecule has 1 saturated heterocycles. The molecule has 1 heterocycles. The molecule has 1 aliphatic rings. The first-order chi connectivity index (χ1) is 10.5. The SMILES string of the molecule is CC(CC1CCCCN1C(=O)OC(C)(C)C)NCCS(N)(=O)=O. The molecule has 23 heavy (non-hydrogen) atoms. The molecule has 0 radical (unpaired) electrons. The van der Waals surface area contributed by atoms with Crippen molar-refractivity contribution >= 4 is 16.1 Å². The van der Waals surface area contributed by atoms with Gasteiger partial charge in [0.25, 0.3) is 0 Å². The van der Waals surface area contributed by atoms with Crippen LogP contribution in [-0.4, -0.2) is 55.9 Å². The fourth-order valence-corrected chi connectivity index (χ4v) is 3.15. The minimum atomic E-state index is -3.44. The van der Waals surface area contributed by atoms with E-state index < -0.39 is 15.6 Å². The van der Waals surface area contributed by atoms with E-state index in [4.69, 9.17) is 9.88 Å². The molecule has 1 fully saturated rings. The van der Waals surface area contributed by atoms with Crippen molar-refractivity contribution in [1.29, 1.82) is 0 Å². The summed E-state index contributed by atoms with van der Waals surface area (Å²) >= 11 is 0. The largest absolute Gasteiger partial charge is 0.444 e. The zero-order chi connectivity index (χ0) is 17.7. The maximum absolute atomic E-state index is 12.3. The van der Waals surface area contributed by atoms with Gasteiger partial charge in [-0.1, -0.05) is 0 Å². The highest BCUT2D eigenvalue weighted by atomic mass is 32.2. The number of hydrogen-bond donors (Lipinski definition) is 2. The minimum Gasteiger partial charge on any atom is -0.444 e. The zero-order valence-electron chi connectivity index (χ0n) is 14.7. The lowest BCUT2D eigenvalue weighted by molar-refractivity contribution is 0.00794. The quantitative estimate of drug-likeness (QED) is 0.755. The van der Waals surface area contributed by atoms with E-state index in [9.17, 15) is 13.2 Å². The summed E-state index contributed by atoms with van der Waals surface area (Å²) in [6.07, 6.45) is 3.53. The number of nitrogens with two attached hydrogens (primary N) is 1. The molecule has 7 nitrogen and oxygen atoms in total. The molecule has 0 bridgehead atoms. The molecule has 2 unspecified atom stereocenters. The van der Waals surface area contributed by atoms with Crippen molar-refractivity contribution in [3.63, 3.8) is 0 Å². The van der Waals surface area contributed by atoms with Gasteiger partial charge in [-0.3, -0.25) is 0 Å². The van der Waals surface area contributed by atoms with E-state index in [1.807, 2.05) is 32.6 Å². The highest BCUT2D eigenvalue weighted by Crippen LogP contribution is 2.23. The van der Waals surface area contributed by atoms with Crippen molar-refractivity contribution in [1.82, 2.24) is 10.2 Å². The molecular weight excluding hydrogens is 318 g/mol. The van der Waals surface area contributed by atoms with Crippen LogP contribution in [0.15, 0.2) is 0 Å². The lowest BCUT2D eigenvalue weighted by atomic mass is 9.97. The molecular formula is C15H31N3O4S. The number of carbonyl (C=O) groups excluding carboxylic acids is 1. The monoisotopic (exact) mass is 349 g/mol. The second kappa shape index (κ2) is 8.30. The molecule has 8 heteroatoms. The van der Waals surface area contributed by atoms with Crippen molar-refractivity contribution < 1.29 is 17.9 Å². The van der Waals surface area contributed by atoms with Crippen LogP contribution < -0.4 is 10.5 Å². The van der Waals surface area contributed by atoms with Crippen LogP contribution in [0.5, 0.6) is 0 Å². The molecule has 0 aliphatic carbocycles. The van der Waals surface area contributed by atoms with E-state index in [0.717, 1.165) is 25.7 Å². The van der Waals surface area contributed by atoms with Gasteiger partial charge in [0, 0.05) is 25.2 Å². The predicted molar refractivity (Wildman–Crippen MR) is 90.6 cm³/mol. The second-order valence-corrected chi connectivity index (χ2v) is 9.02. The van der Waals surface area contributed by atoms with Gasteiger partial charge in [-0.05, 0) is 53.4 Å². The third kappa shape index (κ3) is 8.53. The Kier molecular flexibility index (Phi) is 7.29. The van der Waals surface area contributed by atoms with Crippen molar-refractivity contribution in [2.45, 2.75) is 71.1 Å². The van der Waals surface area contributed by atoms with Crippen molar-refractivity contribution in [3.8, 4) is 0 Å². The Bertz CT molecular complexity index is 487. The summed E-state index contributed by atoms with van der Waals surface area (Å²) in [5.41, 5.74) is -0.502. The number of sulfonamides is 1. The second-order valence-electron chi connectivity index (χ2n) is 7.28. The lowest BCUT2D eigenvalue weighted by Crippen LogP contribution is -2.48. The third-order valence-corrected chi connectivity index (χ3v) is 4.53. The molecule has 0 saturated carbocycles. The molecule has 0 aromatic rings. The van der Waals surface area contributed by atoms with Crippen LogP contribution in [0.2, 0.25) is 0 Å². The number of ether oxygens (including phenoxy) is 1. The number of hydrogen-bond acceptors (Lipinski definition) is 5. The standard InChI is InChI=1S/C15H31N3O4S/c1-12(17-8-10-23(16,20)21)11-13-7-5-6-9-18(13)14(19)22-15(2,3)4/h12-13,17H,5-11H2,1-4H3,(H2,16,20,21). The van der Waals surface area contributed by atoms with Crippen LogP contribution in [0, 0.1) is 0 Å². The molecule has 0 spiro atoms. The topological polar surface area (TPSA) is 102 Å². The average Bonchev–Trinajstić information content (AvgIpc) is 2.35. The van der Waals surface area contributed by atoms with Gasteiger partial charge in [-0.15, -0.1) is 0 Å². The van der Waals surface area contributed by atoms with Crippen LogP contribution in [0.4, 0.5) is 4.79 Å². The first-order valence-electron chi connectivity index (χ1n) is 8.21. The molecule has 1 aliphatic heterocycles. The fraction of sp³-hybridized carbons (Fsp3) is 0.933. The molecule has 1 amide bonds. The molecule has 0 aromatic carbocycles. The summed E-state index contributed by atoms with van der Waals surface area (Å²) in [5.74, 6) is -0.0855. The maximum atomic E-state index is 12.3. The Labute approximate surface area is 140 Å². The minimum absolute atomic E-state index is 0.0855. The number of likely N-dealkylation sites (tertiary alicyclic amines) is 1. The fourth-order valence-electron chi connectivity index (χ4n) is 2.75. The summed E-state index contributed by atoms with van der Waals surface area (Å²) in [6.45, 7) is 8.61. The first-order valence-corrected chi connectivity index (χ1v) is 9.93. The normalized spacial score (nSPS) is 21.1. The third-order valence-electron chi connectivity index (χ3n) is 3.76. The van der Waals surface area contributed by atoms with Crippen LogP contribution in [0.1, 0.15) is 53.4 Å². The van der Waals surface area contributed by atoms with E-state index in [-0.39, 0.29) is 23.9 Å². The summed E-state index contributed by atoms with van der Waals surface area (Å²) in [7, 11) is -3.44. The van der Waals surface area contributed by atoms with Gasteiger partial charge in [0.05, 0.1) is 5.75 Å². The molecule has 1 rings (SSSR count). The van der Waals surface area contributed by atoms with E-state index in [2.05, 4.69) is 5.32 Å². The Hall–Kier alpha value is -0.860. The van der Waals surface area contributed by atoms with Crippen LogP contribution in [0.3, 0.4) is 0 Å². The summed E-state index contributed by atoms with van der Waals surface area (Å²) in [5, 5.41) is 8.15. The van der Waals surface area contributed by atoms with Crippen molar-refractivity contribution in [3.05, 3.63) is 0 Å². The average molecular weight is 349 g/mol. The van der Waals surface area contributed by atoms with Gasteiger partial charge in [0.1, 0.15) is 5.60 Å². The number of nitrogens with one attached hydrogen (secondary N) is 1. The van der Waals surface area contributed by atoms with Crippen LogP contribution in [0.25, 0.3) is 0 Å². The van der Waals surface area contributed by atoms with Gasteiger partial charge >= 0.3 is 6.09 Å². The van der Waals surface area contributed by atoms with Crippen LogP contribution >= 0.6 is 0 Å². The Morgan fingerprint density at radius 3 is 2.61 bits per heavy atom. The number of primary sulfonamides is 1. The highest BCUT2D eigenvalue weighted by molar-refractivity contribution is 7.89. The predicted octanol–water partition coefficient (Wildman–Crippen LogP) is 1.43. The molecule has 0 aromatic heterocycles. The Balaban J connectivity index is 2.52. The van der Waals surface area contributed by atoms with E-state index in [0.29, 0.717) is 13.1 Å². The number of piperidine rings is 1. The Morgan fingerprint density at radius 2 is 2.04 bits per heavy atom. The number of rotatable bonds is 6. The Morgan fingerprint density at radius 1 is 1.39 bits per heavy atom. The summed E-state index contributed by atoms with van der Waals surface area (Å²) in [4.78, 5) is 14.2.